The van der Waals surface area contributed by atoms with Gasteiger partial charge in [-0.2, -0.15) is 5.10 Å². The number of hydrogen-bond acceptors (Lipinski definition) is 4. The molecule has 1 amide bonds. The van der Waals surface area contributed by atoms with Crippen LogP contribution in [-0.2, 0) is 6.61 Å². The Labute approximate surface area is 194 Å². The zero-order chi connectivity index (χ0) is 19.9. The first-order valence-corrected chi connectivity index (χ1v) is 10.7. The number of amides is 1. The van der Waals surface area contributed by atoms with Crippen LogP contribution >= 0.6 is 56.8 Å². The van der Waals surface area contributed by atoms with E-state index in [0.717, 1.165) is 24.0 Å². The molecule has 142 valence electrons. The number of carbonyl (C=O) groups is 1. The van der Waals surface area contributed by atoms with Crippen LogP contribution in [0.3, 0.4) is 0 Å². The Balaban J connectivity index is 1.64. The van der Waals surface area contributed by atoms with Gasteiger partial charge in [-0.1, -0.05) is 23.7 Å². The van der Waals surface area contributed by atoms with Gasteiger partial charge in [0.1, 0.15) is 12.4 Å². The Kier molecular flexibility index (Phi) is 7.63. The number of hydrazone groups is 1. The van der Waals surface area contributed by atoms with Crippen molar-refractivity contribution in [2.45, 2.75) is 6.61 Å². The second kappa shape index (κ2) is 10.2. The molecule has 0 unspecified atom stereocenters. The van der Waals surface area contributed by atoms with Gasteiger partial charge in [0.25, 0.3) is 5.91 Å². The Morgan fingerprint density at radius 1 is 1.11 bits per heavy atom. The predicted octanol–water partition coefficient (Wildman–Crippen LogP) is 5.29. The minimum atomic E-state index is -0.286. The lowest BCUT2D eigenvalue weighted by molar-refractivity contribution is 0.0955. The first-order valence-electron chi connectivity index (χ1n) is 8.12. The maximum absolute atomic E-state index is 12.0. The molecule has 0 atom stereocenters. The lowest BCUT2D eigenvalue weighted by Gasteiger charge is -2.11. The van der Waals surface area contributed by atoms with Crippen molar-refractivity contribution in [2.24, 2.45) is 5.10 Å². The van der Waals surface area contributed by atoms with Crippen molar-refractivity contribution in [3.8, 4) is 5.75 Å². The van der Waals surface area contributed by atoms with Crippen molar-refractivity contribution in [3.05, 3.63) is 89.8 Å². The first kappa shape index (κ1) is 21.0. The molecule has 28 heavy (non-hydrogen) atoms. The molecule has 0 aliphatic heterocycles. The third-order valence-electron chi connectivity index (χ3n) is 3.64. The molecule has 8 heteroatoms. The summed E-state index contributed by atoms with van der Waals surface area (Å²) in [6.07, 6.45) is 4.73. The standard InChI is InChI=1S/C20H14ClI2N3O2/c21-16-3-1-13(2-4-16)12-28-19-17(22)9-14(10-18(19)23)11-25-26-20(27)15-5-7-24-8-6-15/h1-11H,12H2,(H,26,27)/b25-11+. The molecule has 3 aromatic rings. The fourth-order valence-corrected chi connectivity index (χ4v) is 4.52. The molecule has 1 aromatic heterocycles. The van der Waals surface area contributed by atoms with Gasteiger partial charge in [-0.05, 0) is 92.7 Å². The Bertz CT molecular complexity index is 973. The van der Waals surface area contributed by atoms with Crippen LogP contribution in [0.5, 0.6) is 5.75 Å². The number of benzene rings is 2. The van der Waals surface area contributed by atoms with Crippen molar-refractivity contribution in [2.75, 3.05) is 0 Å². The molecule has 0 fully saturated rings. The lowest BCUT2D eigenvalue weighted by Crippen LogP contribution is -2.17. The Morgan fingerprint density at radius 3 is 2.39 bits per heavy atom. The van der Waals surface area contributed by atoms with Gasteiger partial charge in [-0.3, -0.25) is 9.78 Å². The monoisotopic (exact) mass is 617 g/mol. The summed E-state index contributed by atoms with van der Waals surface area (Å²) < 4.78 is 7.89. The number of halogens is 3. The molecular formula is C20H14ClI2N3O2. The van der Waals surface area contributed by atoms with E-state index in [1.165, 1.54) is 0 Å². The molecule has 3 rings (SSSR count). The summed E-state index contributed by atoms with van der Waals surface area (Å²) in [6, 6.07) is 14.7. The molecule has 0 saturated heterocycles. The van der Waals surface area contributed by atoms with Crippen molar-refractivity contribution >= 4 is 68.9 Å². The lowest BCUT2D eigenvalue weighted by atomic mass is 10.2. The van der Waals surface area contributed by atoms with Crippen LogP contribution in [0.2, 0.25) is 5.02 Å². The highest BCUT2D eigenvalue weighted by molar-refractivity contribution is 14.1. The molecule has 0 aliphatic rings. The molecular weight excluding hydrogens is 603 g/mol. The number of rotatable bonds is 6. The van der Waals surface area contributed by atoms with E-state index in [0.29, 0.717) is 17.2 Å². The first-order chi connectivity index (χ1) is 13.5. The highest BCUT2D eigenvalue weighted by Crippen LogP contribution is 2.29. The van der Waals surface area contributed by atoms with E-state index in [1.807, 2.05) is 36.4 Å². The molecule has 0 bridgehead atoms. The third-order valence-corrected chi connectivity index (χ3v) is 5.49. The quantitative estimate of drug-likeness (QED) is 0.233. The van der Waals surface area contributed by atoms with E-state index in [4.69, 9.17) is 16.3 Å². The number of hydrogen-bond donors (Lipinski definition) is 1. The number of ether oxygens (including phenoxy) is 1. The smallest absolute Gasteiger partial charge is 0.271 e. The zero-order valence-corrected chi connectivity index (χ0v) is 19.5. The highest BCUT2D eigenvalue weighted by atomic mass is 127. The SMILES string of the molecule is O=C(N/N=C/c1cc(I)c(OCc2ccc(Cl)cc2)c(I)c1)c1ccncc1. The maximum atomic E-state index is 12.0. The molecule has 0 spiro atoms. The summed E-state index contributed by atoms with van der Waals surface area (Å²) in [5.41, 5.74) is 4.92. The normalized spacial score (nSPS) is 10.8. The van der Waals surface area contributed by atoms with Gasteiger partial charge in [0.05, 0.1) is 13.4 Å². The second-order valence-electron chi connectivity index (χ2n) is 5.66. The number of nitrogens with one attached hydrogen (secondary N) is 1. The highest BCUT2D eigenvalue weighted by Gasteiger charge is 2.09. The van der Waals surface area contributed by atoms with E-state index < -0.39 is 0 Å². The summed E-state index contributed by atoms with van der Waals surface area (Å²) >= 11 is 10.4. The van der Waals surface area contributed by atoms with Crippen LogP contribution in [0, 0.1) is 7.14 Å². The minimum absolute atomic E-state index is 0.286. The average Bonchev–Trinajstić information content (AvgIpc) is 2.69. The number of carbonyl (C=O) groups excluding carboxylic acids is 1. The molecule has 1 N–H and O–H groups in total. The molecule has 2 aromatic carbocycles. The van der Waals surface area contributed by atoms with Crippen LogP contribution in [0.1, 0.15) is 21.5 Å². The molecule has 5 nitrogen and oxygen atoms in total. The van der Waals surface area contributed by atoms with Gasteiger partial charge in [-0.15, -0.1) is 0 Å². The average molecular weight is 618 g/mol. The van der Waals surface area contributed by atoms with Crippen LogP contribution in [-0.4, -0.2) is 17.1 Å². The summed E-state index contributed by atoms with van der Waals surface area (Å²) in [4.78, 5) is 15.9. The van der Waals surface area contributed by atoms with Crippen LogP contribution in [0.4, 0.5) is 0 Å². The van der Waals surface area contributed by atoms with Crippen LogP contribution in [0.25, 0.3) is 0 Å². The van der Waals surface area contributed by atoms with Gasteiger partial charge < -0.3 is 4.74 Å². The van der Waals surface area contributed by atoms with Gasteiger partial charge in [-0.25, -0.2) is 5.43 Å². The van der Waals surface area contributed by atoms with E-state index >= 15 is 0 Å². The van der Waals surface area contributed by atoms with Gasteiger partial charge >= 0.3 is 0 Å². The summed E-state index contributed by atoms with van der Waals surface area (Å²) in [5, 5.41) is 4.73. The number of pyridine rings is 1. The van der Waals surface area contributed by atoms with E-state index in [-0.39, 0.29) is 5.91 Å². The van der Waals surface area contributed by atoms with E-state index in [9.17, 15) is 4.79 Å². The van der Waals surface area contributed by atoms with Crippen molar-refractivity contribution in [1.82, 2.24) is 10.4 Å². The zero-order valence-electron chi connectivity index (χ0n) is 14.4. The Hall–Kier alpha value is -1.72. The summed E-state index contributed by atoms with van der Waals surface area (Å²) in [5.74, 6) is 0.528. The second-order valence-corrected chi connectivity index (χ2v) is 8.42. The molecule has 0 aliphatic carbocycles. The molecule has 0 saturated carbocycles. The molecule has 0 radical (unpaired) electrons. The van der Waals surface area contributed by atoms with Crippen LogP contribution in [0.15, 0.2) is 66.0 Å². The minimum Gasteiger partial charge on any atom is -0.487 e. The Morgan fingerprint density at radius 2 is 1.75 bits per heavy atom. The van der Waals surface area contributed by atoms with Crippen molar-refractivity contribution < 1.29 is 9.53 Å². The number of nitrogens with zero attached hydrogens (tertiary/aromatic N) is 2. The summed E-state index contributed by atoms with van der Waals surface area (Å²) in [7, 11) is 0. The third kappa shape index (κ3) is 5.89. The van der Waals surface area contributed by atoms with Crippen molar-refractivity contribution in [3.63, 3.8) is 0 Å². The largest absolute Gasteiger partial charge is 0.487 e. The van der Waals surface area contributed by atoms with Crippen LogP contribution < -0.4 is 10.2 Å². The number of aromatic nitrogens is 1. The van der Waals surface area contributed by atoms with Gasteiger partial charge in [0, 0.05) is 23.0 Å². The van der Waals surface area contributed by atoms with Gasteiger partial charge in [0.2, 0.25) is 0 Å². The van der Waals surface area contributed by atoms with Gasteiger partial charge in [0.15, 0.2) is 0 Å². The fourth-order valence-electron chi connectivity index (χ4n) is 2.26. The maximum Gasteiger partial charge on any atom is 0.271 e. The fraction of sp³-hybridized carbons (Fsp3) is 0.0500. The molecule has 1 heterocycles. The topological polar surface area (TPSA) is 63.6 Å². The predicted molar refractivity (Wildman–Crippen MR) is 127 cm³/mol. The summed E-state index contributed by atoms with van der Waals surface area (Å²) in [6.45, 7) is 0.457. The van der Waals surface area contributed by atoms with E-state index in [1.54, 1.807) is 30.7 Å². The van der Waals surface area contributed by atoms with E-state index in [2.05, 4.69) is 60.7 Å². The van der Waals surface area contributed by atoms with Crippen molar-refractivity contribution in [1.29, 1.82) is 0 Å².